The zero-order chi connectivity index (χ0) is 22.1. The topological polar surface area (TPSA) is 59.1 Å². The molecular formula is C26H52O4. The van der Waals surface area contributed by atoms with E-state index in [2.05, 4.69) is 16.4 Å². The van der Waals surface area contributed by atoms with Gasteiger partial charge in [0.2, 0.25) is 0 Å². The van der Waals surface area contributed by atoms with Crippen molar-refractivity contribution in [1.29, 1.82) is 0 Å². The van der Waals surface area contributed by atoms with Crippen LogP contribution in [0, 0.1) is 0 Å². The summed E-state index contributed by atoms with van der Waals surface area (Å²) in [6.07, 6.45) is 27.0. The van der Waals surface area contributed by atoms with Gasteiger partial charge in [0.15, 0.2) is 0 Å². The number of aliphatic hydroxyl groups excluding tert-OH is 1. The Balaban J connectivity index is 0.00000145. The highest BCUT2D eigenvalue weighted by atomic mass is 16.6. The van der Waals surface area contributed by atoms with Crippen molar-refractivity contribution in [2.24, 2.45) is 0 Å². The third-order valence-electron chi connectivity index (χ3n) is 5.82. The number of carbonyl (C=O) groups is 1. The zero-order valence-corrected chi connectivity index (χ0v) is 20.3. The lowest BCUT2D eigenvalue weighted by Gasteiger charge is -2.04. The fraction of sp³-hybridized carbons (Fsp3) is 0.962. The van der Waals surface area contributed by atoms with E-state index in [9.17, 15) is 4.79 Å². The summed E-state index contributed by atoms with van der Waals surface area (Å²) >= 11 is 0. The summed E-state index contributed by atoms with van der Waals surface area (Å²) in [4.78, 5) is 11.0. The van der Waals surface area contributed by atoms with E-state index >= 15 is 0 Å². The molecular weight excluding hydrogens is 376 g/mol. The molecule has 0 aliphatic carbocycles. The molecule has 0 aromatic rings. The normalized spacial score (nSPS) is 14.8. The predicted octanol–water partition coefficient (Wildman–Crippen LogP) is 7.36. The minimum atomic E-state index is -0.0630. The highest BCUT2D eigenvalue weighted by Gasteiger charge is 2.19. The van der Waals surface area contributed by atoms with Gasteiger partial charge in [0.1, 0.15) is 6.10 Å². The van der Waals surface area contributed by atoms with E-state index in [1.54, 1.807) is 0 Å². The van der Waals surface area contributed by atoms with Crippen LogP contribution < -0.4 is 0 Å². The highest BCUT2D eigenvalue weighted by molar-refractivity contribution is 5.68. The number of hydrogen-bond acceptors (Lipinski definition) is 4. The maximum atomic E-state index is 11.0. The second-order valence-corrected chi connectivity index (χ2v) is 8.83. The number of esters is 1. The summed E-state index contributed by atoms with van der Waals surface area (Å²) in [6.45, 7) is 3.24. The SMILES string of the molecule is CCCCCCCCCCCCCCCCCCCCCC(=O)OC.OC[C@@H]1CO1. The number of aliphatic hydroxyl groups is 1. The fourth-order valence-electron chi connectivity index (χ4n) is 3.62. The lowest BCUT2D eigenvalue weighted by atomic mass is 10.0. The molecule has 0 unspecified atom stereocenters. The number of methoxy groups -OCH3 is 1. The maximum absolute atomic E-state index is 11.0. The van der Waals surface area contributed by atoms with Crippen LogP contribution in [0.3, 0.4) is 0 Å². The standard InChI is InChI=1S/C23H46O2.C3H6O2/c1-3-4-5-6-7-8-9-10-11-12-13-14-15-16-17-18-19-20-21-22-23(24)25-2;4-1-3-2-5-3/h3-22H2,1-2H3;3-4H,1-2H2/t;3-/m.1/s1. The van der Waals surface area contributed by atoms with Crippen molar-refractivity contribution < 1.29 is 19.4 Å². The minimum Gasteiger partial charge on any atom is -0.469 e. The summed E-state index contributed by atoms with van der Waals surface area (Å²) < 4.78 is 9.26. The van der Waals surface area contributed by atoms with Gasteiger partial charge in [0.05, 0.1) is 20.3 Å². The van der Waals surface area contributed by atoms with Crippen molar-refractivity contribution in [3.05, 3.63) is 0 Å². The Morgan fingerprint density at radius 2 is 1.07 bits per heavy atom. The first-order valence-electron chi connectivity index (χ1n) is 13.0. The molecule has 1 aliphatic rings. The van der Waals surface area contributed by atoms with Gasteiger partial charge in [-0.3, -0.25) is 4.79 Å². The molecule has 1 heterocycles. The van der Waals surface area contributed by atoms with Gasteiger partial charge < -0.3 is 14.6 Å². The van der Waals surface area contributed by atoms with Crippen LogP contribution in [0.4, 0.5) is 0 Å². The summed E-state index contributed by atoms with van der Waals surface area (Å²) in [5.41, 5.74) is 0. The van der Waals surface area contributed by atoms with Gasteiger partial charge in [0.25, 0.3) is 0 Å². The molecule has 0 saturated carbocycles. The summed E-state index contributed by atoms with van der Waals surface area (Å²) in [7, 11) is 1.47. The molecule has 1 rings (SSSR count). The second-order valence-electron chi connectivity index (χ2n) is 8.83. The van der Waals surface area contributed by atoms with Gasteiger partial charge in [-0.05, 0) is 6.42 Å². The van der Waals surface area contributed by atoms with E-state index in [0.717, 1.165) is 13.0 Å². The Labute approximate surface area is 187 Å². The van der Waals surface area contributed by atoms with Crippen molar-refractivity contribution in [3.8, 4) is 0 Å². The first kappa shape index (κ1) is 29.4. The molecule has 1 atom stereocenters. The second kappa shape index (κ2) is 24.7. The Bertz CT molecular complexity index is 342. The molecule has 1 N–H and O–H groups in total. The van der Waals surface area contributed by atoms with Gasteiger partial charge in [-0.15, -0.1) is 0 Å². The van der Waals surface area contributed by atoms with E-state index in [0.29, 0.717) is 6.42 Å². The van der Waals surface area contributed by atoms with E-state index < -0.39 is 0 Å². The van der Waals surface area contributed by atoms with Gasteiger partial charge in [0, 0.05) is 6.42 Å². The van der Waals surface area contributed by atoms with Crippen LogP contribution in [0.5, 0.6) is 0 Å². The zero-order valence-electron chi connectivity index (χ0n) is 20.3. The molecule has 0 amide bonds. The van der Waals surface area contributed by atoms with Crippen LogP contribution in [-0.4, -0.2) is 37.5 Å². The summed E-state index contributed by atoms with van der Waals surface area (Å²) in [5.74, 6) is -0.0630. The van der Waals surface area contributed by atoms with Crippen LogP contribution in [-0.2, 0) is 14.3 Å². The smallest absolute Gasteiger partial charge is 0.305 e. The molecule has 0 bridgehead atoms. The molecule has 1 fully saturated rings. The van der Waals surface area contributed by atoms with Crippen LogP contribution in [0.2, 0.25) is 0 Å². The molecule has 0 aromatic carbocycles. The molecule has 180 valence electrons. The Morgan fingerprint density at radius 3 is 1.30 bits per heavy atom. The highest BCUT2D eigenvalue weighted by Crippen LogP contribution is 2.14. The van der Waals surface area contributed by atoms with Gasteiger partial charge >= 0.3 is 5.97 Å². The van der Waals surface area contributed by atoms with Crippen LogP contribution in [0.15, 0.2) is 0 Å². The minimum absolute atomic E-state index is 0.0630. The van der Waals surface area contributed by atoms with Crippen molar-refractivity contribution in [2.45, 2.75) is 141 Å². The van der Waals surface area contributed by atoms with E-state index in [1.807, 2.05) is 0 Å². The van der Waals surface area contributed by atoms with Gasteiger partial charge in [-0.1, -0.05) is 122 Å². The van der Waals surface area contributed by atoms with Crippen LogP contribution in [0.25, 0.3) is 0 Å². The number of carbonyl (C=O) groups excluding carboxylic acids is 1. The molecule has 4 heteroatoms. The lowest BCUT2D eigenvalue weighted by Crippen LogP contribution is -1.99. The number of hydrogen-bond donors (Lipinski definition) is 1. The molecule has 0 radical (unpaired) electrons. The Kier molecular flexibility index (Phi) is 24.2. The average molecular weight is 429 g/mol. The first-order valence-corrected chi connectivity index (χ1v) is 13.0. The Hall–Kier alpha value is -0.610. The molecule has 1 aliphatic heterocycles. The third-order valence-corrected chi connectivity index (χ3v) is 5.82. The van der Waals surface area contributed by atoms with Crippen molar-refractivity contribution in [2.75, 3.05) is 20.3 Å². The van der Waals surface area contributed by atoms with E-state index in [4.69, 9.17) is 5.11 Å². The maximum Gasteiger partial charge on any atom is 0.305 e. The summed E-state index contributed by atoms with van der Waals surface area (Å²) in [5, 5.41) is 8.08. The van der Waals surface area contributed by atoms with E-state index in [1.165, 1.54) is 123 Å². The lowest BCUT2D eigenvalue weighted by molar-refractivity contribution is -0.140. The molecule has 0 spiro atoms. The molecule has 1 saturated heterocycles. The van der Waals surface area contributed by atoms with Crippen molar-refractivity contribution >= 4 is 5.97 Å². The number of rotatable bonds is 21. The van der Waals surface area contributed by atoms with Crippen molar-refractivity contribution in [3.63, 3.8) is 0 Å². The number of epoxide rings is 1. The third kappa shape index (κ3) is 25.4. The van der Waals surface area contributed by atoms with Gasteiger partial charge in [-0.2, -0.15) is 0 Å². The Morgan fingerprint density at radius 1 is 0.733 bits per heavy atom. The summed E-state index contributed by atoms with van der Waals surface area (Å²) in [6, 6.07) is 0. The molecule has 0 aromatic heterocycles. The average Bonchev–Trinajstić information content (AvgIpc) is 3.60. The largest absolute Gasteiger partial charge is 0.469 e. The quantitative estimate of drug-likeness (QED) is 0.118. The van der Waals surface area contributed by atoms with Crippen LogP contribution >= 0.6 is 0 Å². The monoisotopic (exact) mass is 428 g/mol. The van der Waals surface area contributed by atoms with Crippen LogP contribution in [0.1, 0.15) is 135 Å². The first-order chi connectivity index (χ1) is 14.7. The predicted molar refractivity (Wildman–Crippen MR) is 127 cm³/mol. The molecule has 4 nitrogen and oxygen atoms in total. The fourth-order valence-corrected chi connectivity index (χ4v) is 3.62. The van der Waals surface area contributed by atoms with Gasteiger partial charge in [-0.25, -0.2) is 0 Å². The van der Waals surface area contributed by atoms with Crippen molar-refractivity contribution in [1.82, 2.24) is 0 Å². The molecule has 30 heavy (non-hydrogen) atoms. The number of ether oxygens (including phenoxy) is 2. The number of unbranched alkanes of at least 4 members (excludes halogenated alkanes) is 18. The van der Waals surface area contributed by atoms with E-state index in [-0.39, 0.29) is 18.7 Å².